The summed E-state index contributed by atoms with van der Waals surface area (Å²) in [6.07, 6.45) is 81.6. The number of hydrogen-bond acceptors (Lipinski definition) is 6. The van der Waals surface area contributed by atoms with Gasteiger partial charge in [0, 0.05) is 19.3 Å². The Morgan fingerprint density at radius 3 is 0.945 bits per heavy atom. The summed E-state index contributed by atoms with van der Waals surface area (Å²) in [5.74, 6) is -1.00. The van der Waals surface area contributed by atoms with Gasteiger partial charge in [-0.3, -0.25) is 14.4 Å². The van der Waals surface area contributed by atoms with Crippen LogP contribution in [0, 0.1) is 0 Å². The normalized spacial score (nSPS) is 12.8. The predicted molar refractivity (Wildman–Crippen MR) is 316 cm³/mol. The minimum Gasteiger partial charge on any atom is -0.462 e. The molecule has 0 saturated carbocycles. The summed E-state index contributed by atoms with van der Waals surface area (Å²) in [5.41, 5.74) is 0. The third kappa shape index (κ3) is 59.1. The van der Waals surface area contributed by atoms with Crippen LogP contribution in [0.3, 0.4) is 0 Å². The fraction of sp³-hybridized carbons (Fsp3) is 0.716. The van der Waals surface area contributed by atoms with Crippen LogP contribution >= 0.6 is 0 Å². The van der Waals surface area contributed by atoms with Gasteiger partial charge in [-0.05, 0) is 103 Å². The van der Waals surface area contributed by atoms with Gasteiger partial charge in [0.25, 0.3) is 0 Å². The van der Waals surface area contributed by atoms with Gasteiger partial charge in [0.15, 0.2) is 6.10 Å². The standard InChI is InChI=1S/C67H114O6/c1-4-7-10-13-16-19-22-25-26-27-28-29-30-31-32-33-34-35-36-37-38-39-40-43-45-48-51-54-57-60-66(69)72-63-64(73-67(70)61-58-55-52-49-46-42-24-21-18-15-12-9-6-3)62-71-65(68)59-56-53-50-47-44-41-23-20-17-14-11-8-5-2/h9,11-12,14,18,20-23,25,27-28,42,46,52,55,64H,4-8,10,13,15-17,19,24,26,29-41,43-45,47-51,53-54,56-63H2,1-3H3/b12-9-,14-11-,21-18-,23-20-,25-22-,28-27-,46-42-,55-52-. The minimum atomic E-state index is -0.821. The van der Waals surface area contributed by atoms with E-state index in [1.54, 1.807) is 0 Å². The molecular formula is C67H114O6. The lowest BCUT2D eigenvalue weighted by atomic mass is 10.0. The van der Waals surface area contributed by atoms with Crippen LogP contribution in [-0.2, 0) is 28.6 Å². The van der Waals surface area contributed by atoms with E-state index in [0.29, 0.717) is 19.3 Å². The van der Waals surface area contributed by atoms with Gasteiger partial charge in [0.1, 0.15) is 13.2 Å². The average molecular weight is 1020 g/mol. The Kier molecular flexibility index (Phi) is 57.8. The fourth-order valence-corrected chi connectivity index (χ4v) is 8.47. The lowest BCUT2D eigenvalue weighted by Crippen LogP contribution is -2.30. The Bertz CT molecular complexity index is 1440. The van der Waals surface area contributed by atoms with Gasteiger partial charge in [0.05, 0.1) is 0 Å². The van der Waals surface area contributed by atoms with E-state index in [1.807, 2.05) is 12.2 Å². The van der Waals surface area contributed by atoms with Crippen molar-refractivity contribution in [3.05, 3.63) is 97.2 Å². The number of hydrogen-bond donors (Lipinski definition) is 0. The highest BCUT2D eigenvalue weighted by molar-refractivity contribution is 5.71. The monoisotopic (exact) mass is 1010 g/mol. The third-order valence-corrected chi connectivity index (χ3v) is 13.0. The van der Waals surface area contributed by atoms with Gasteiger partial charge in [-0.25, -0.2) is 0 Å². The molecule has 0 aliphatic heterocycles. The van der Waals surface area contributed by atoms with Crippen molar-refractivity contribution in [1.82, 2.24) is 0 Å². The van der Waals surface area contributed by atoms with E-state index < -0.39 is 12.1 Å². The lowest BCUT2D eigenvalue weighted by Gasteiger charge is -2.18. The highest BCUT2D eigenvalue weighted by Crippen LogP contribution is 2.16. The van der Waals surface area contributed by atoms with Gasteiger partial charge in [-0.2, -0.15) is 0 Å². The average Bonchev–Trinajstić information content (AvgIpc) is 3.39. The van der Waals surface area contributed by atoms with Crippen LogP contribution in [0.1, 0.15) is 290 Å². The molecule has 0 bridgehead atoms. The van der Waals surface area contributed by atoms with Crippen molar-refractivity contribution in [2.75, 3.05) is 13.2 Å². The first-order chi connectivity index (χ1) is 36.0. The van der Waals surface area contributed by atoms with E-state index in [0.717, 1.165) is 103 Å². The molecule has 6 nitrogen and oxygen atoms in total. The zero-order chi connectivity index (χ0) is 52.9. The summed E-state index contributed by atoms with van der Waals surface area (Å²) in [6.45, 7) is 6.39. The van der Waals surface area contributed by atoms with E-state index in [1.165, 1.54) is 141 Å². The van der Waals surface area contributed by atoms with E-state index in [9.17, 15) is 14.4 Å². The number of carbonyl (C=O) groups excluding carboxylic acids is 3. The highest BCUT2D eigenvalue weighted by Gasteiger charge is 2.19. The molecule has 1 atom stereocenters. The summed E-state index contributed by atoms with van der Waals surface area (Å²) in [6, 6.07) is 0. The SMILES string of the molecule is CC/C=C\C/C=C\C/C=C\C/C=C\CCC(=O)OC(COC(=O)CCCCCCC/C=C\C/C=C\CCC)COC(=O)CCCCCCCCCCCCCCCCCCC/C=C\C/C=C\CCCCCCC. The van der Waals surface area contributed by atoms with E-state index in [-0.39, 0.29) is 31.6 Å². The molecule has 0 aliphatic carbocycles. The zero-order valence-corrected chi connectivity index (χ0v) is 47.9. The Balaban J connectivity index is 4.22. The predicted octanol–water partition coefficient (Wildman–Crippen LogP) is 20.9. The first kappa shape index (κ1) is 69.3. The van der Waals surface area contributed by atoms with Crippen molar-refractivity contribution in [2.24, 2.45) is 0 Å². The van der Waals surface area contributed by atoms with Gasteiger partial charge < -0.3 is 14.2 Å². The van der Waals surface area contributed by atoms with Crippen LogP contribution in [-0.4, -0.2) is 37.2 Å². The molecule has 0 N–H and O–H groups in total. The lowest BCUT2D eigenvalue weighted by molar-refractivity contribution is -0.166. The number of esters is 3. The Morgan fingerprint density at radius 1 is 0.288 bits per heavy atom. The van der Waals surface area contributed by atoms with Crippen molar-refractivity contribution in [3.63, 3.8) is 0 Å². The van der Waals surface area contributed by atoms with Gasteiger partial charge in [-0.1, -0.05) is 266 Å². The molecule has 0 aromatic carbocycles. The van der Waals surface area contributed by atoms with Crippen molar-refractivity contribution in [3.8, 4) is 0 Å². The quantitative estimate of drug-likeness (QED) is 0.0261. The molecule has 73 heavy (non-hydrogen) atoms. The summed E-state index contributed by atoms with van der Waals surface area (Å²) in [4.78, 5) is 38.1. The van der Waals surface area contributed by atoms with Crippen molar-refractivity contribution < 1.29 is 28.6 Å². The second-order valence-corrected chi connectivity index (χ2v) is 20.2. The van der Waals surface area contributed by atoms with E-state index in [2.05, 4.69) is 106 Å². The van der Waals surface area contributed by atoms with Crippen LogP contribution in [0.25, 0.3) is 0 Å². The molecule has 0 spiro atoms. The molecule has 0 fully saturated rings. The van der Waals surface area contributed by atoms with E-state index in [4.69, 9.17) is 14.2 Å². The molecule has 1 unspecified atom stereocenters. The number of unbranched alkanes of at least 4 members (excludes halogenated alkanes) is 28. The number of carbonyl (C=O) groups is 3. The fourth-order valence-electron chi connectivity index (χ4n) is 8.47. The third-order valence-electron chi connectivity index (χ3n) is 13.0. The zero-order valence-electron chi connectivity index (χ0n) is 47.9. The maximum absolute atomic E-state index is 12.8. The molecule has 0 aromatic rings. The van der Waals surface area contributed by atoms with Crippen molar-refractivity contribution in [1.29, 1.82) is 0 Å². The summed E-state index contributed by atoms with van der Waals surface area (Å²) in [5, 5.41) is 0. The number of ether oxygens (including phenoxy) is 3. The highest BCUT2D eigenvalue weighted by atomic mass is 16.6. The largest absolute Gasteiger partial charge is 0.462 e. The van der Waals surface area contributed by atoms with Crippen LogP contribution in [0.5, 0.6) is 0 Å². The first-order valence-electron chi connectivity index (χ1n) is 30.7. The van der Waals surface area contributed by atoms with Crippen LogP contribution in [0.4, 0.5) is 0 Å². The number of rotatable bonds is 55. The second-order valence-electron chi connectivity index (χ2n) is 20.2. The maximum Gasteiger partial charge on any atom is 0.306 e. The molecule has 6 heteroatoms. The molecule has 0 heterocycles. The smallest absolute Gasteiger partial charge is 0.306 e. The van der Waals surface area contributed by atoms with Crippen molar-refractivity contribution in [2.45, 2.75) is 297 Å². The number of allylic oxidation sites excluding steroid dienone is 16. The molecule has 0 aromatic heterocycles. The van der Waals surface area contributed by atoms with Crippen LogP contribution in [0.2, 0.25) is 0 Å². The summed E-state index contributed by atoms with van der Waals surface area (Å²) in [7, 11) is 0. The van der Waals surface area contributed by atoms with Gasteiger partial charge >= 0.3 is 17.9 Å². The molecular weight excluding hydrogens is 901 g/mol. The minimum absolute atomic E-state index is 0.110. The first-order valence-corrected chi connectivity index (χ1v) is 30.7. The van der Waals surface area contributed by atoms with Crippen LogP contribution < -0.4 is 0 Å². The molecule has 0 radical (unpaired) electrons. The van der Waals surface area contributed by atoms with Gasteiger partial charge in [0.2, 0.25) is 0 Å². The molecule has 418 valence electrons. The van der Waals surface area contributed by atoms with Crippen LogP contribution in [0.15, 0.2) is 97.2 Å². The second kappa shape index (κ2) is 60.9. The van der Waals surface area contributed by atoms with E-state index >= 15 is 0 Å². The Hall–Kier alpha value is -3.67. The maximum atomic E-state index is 12.8. The molecule has 0 aliphatic rings. The molecule has 0 rings (SSSR count). The Morgan fingerprint density at radius 2 is 0.589 bits per heavy atom. The Labute approximate surface area is 451 Å². The summed E-state index contributed by atoms with van der Waals surface area (Å²) >= 11 is 0. The topological polar surface area (TPSA) is 78.9 Å². The summed E-state index contributed by atoms with van der Waals surface area (Å²) < 4.78 is 16.8. The molecule has 0 amide bonds. The van der Waals surface area contributed by atoms with Crippen molar-refractivity contribution >= 4 is 17.9 Å². The molecule has 0 saturated heterocycles. The van der Waals surface area contributed by atoms with Gasteiger partial charge in [-0.15, -0.1) is 0 Å².